The summed E-state index contributed by atoms with van der Waals surface area (Å²) in [5.74, 6) is 0.880. The minimum Gasteiger partial charge on any atom is -0.313 e. The molecule has 1 fully saturated rings. The molecule has 0 aliphatic heterocycles. The maximum absolute atomic E-state index is 3.74. The van der Waals surface area contributed by atoms with Crippen LogP contribution in [0.2, 0.25) is 0 Å². The Labute approximate surface area is 116 Å². The van der Waals surface area contributed by atoms with Crippen LogP contribution in [0.4, 0.5) is 0 Å². The van der Waals surface area contributed by atoms with Crippen molar-refractivity contribution in [2.24, 2.45) is 16.7 Å². The Morgan fingerprint density at radius 2 is 1.61 bits per heavy atom. The van der Waals surface area contributed by atoms with Crippen LogP contribution in [0.5, 0.6) is 0 Å². The molecule has 0 spiro atoms. The van der Waals surface area contributed by atoms with E-state index in [1.54, 1.807) is 0 Å². The number of hydrogen-bond acceptors (Lipinski definition) is 1. The monoisotopic (exact) mass is 255 g/mol. The van der Waals surface area contributed by atoms with Gasteiger partial charge in [0.25, 0.3) is 0 Å². The predicted octanol–water partition coefficient (Wildman–Crippen LogP) is 5.25. The Bertz CT molecular complexity index is 212. The lowest BCUT2D eigenvalue weighted by molar-refractivity contribution is 0.119. The van der Waals surface area contributed by atoms with Gasteiger partial charge in [0.1, 0.15) is 0 Å². The molecule has 1 N–H and O–H groups in total. The Morgan fingerprint density at radius 1 is 1.11 bits per heavy atom. The van der Waals surface area contributed by atoms with Gasteiger partial charge in [-0.05, 0) is 36.0 Å². The molecule has 0 saturated heterocycles. The molecule has 2 atom stereocenters. The van der Waals surface area contributed by atoms with Crippen LogP contribution in [0.1, 0.15) is 81.1 Å². The van der Waals surface area contributed by atoms with Crippen molar-refractivity contribution in [2.75, 3.05) is 6.54 Å². The van der Waals surface area contributed by atoms with Gasteiger partial charge in [-0.3, -0.25) is 0 Å². The molecule has 0 unspecified atom stereocenters. The van der Waals surface area contributed by atoms with E-state index in [1.165, 1.54) is 25.7 Å². The van der Waals surface area contributed by atoms with Crippen LogP contribution in [0.3, 0.4) is 0 Å². The van der Waals surface area contributed by atoms with Gasteiger partial charge >= 0.3 is 0 Å². The first-order chi connectivity index (χ1) is 8.12. The number of rotatable bonds is 2. The molecule has 0 heterocycles. The van der Waals surface area contributed by atoms with Gasteiger partial charge in [-0.15, -0.1) is 0 Å². The third-order valence-corrected chi connectivity index (χ3v) is 3.98. The zero-order valence-corrected chi connectivity index (χ0v) is 14.2. The normalized spacial score (nSPS) is 27.3. The van der Waals surface area contributed by atoms with Crippen LogP contribution in [0.25, 0.3) is 0 Å². The Morgan fingerprint density at radius 3 is 2.00 bits per heavy atom. The highest BCUT2D eigenvalue weighted by Crippen LogP contribution is 2.40. The zero-order valence-electron chi connectivity index (χ0n) is 14.2. The van der Waals surface area contributed by atoms with Crippen LogP contribution in [0, 0.1) is 16.7 Å². The molecule has 1 saturated carbocycles. The topological polar surface area (TPSA) is 12.0 Å². The smallest absolute Gasteiger partial charge is 0.00725 e. The summed E-state index contributed by atoms with van der Waals surface area (Å²) in [7, 11) is 0. The molecule has 0 radical (unpaired) electrons. The summed E-state index contributed by atoms with van der Waals surface area (Å²) in [5, 5.41) is 3.74. The van der Waals surface area contributed by atoms with Gasteiger partial charge in [0.15, 0.2) is 0 Å². The Balaban J connectivity index is 0.000000873. The van der Waals surface area contributed by atoms with Crippen molar-refractivity contribution in [1.29, 1.82) is 0 Å². The van der Waals surface area contributed by atoms with Gasteiger partial charge in [0.2, 0.25) is 0 Å². The molecular weight excluding hydrogens is 218 g/mol. The fraction of sp³-hybridized carbons (Fsp3) is 1.00. The highest BCUT2D eigenvalue weighted by atomic mass is 14.9. The summed E-state index contributed by atoms with van der Waals surface area (Å²) in [6, 6.07) is 0.746. The molecule has 1 aliphatic rings. The molecule has 18 heavy (non-hydrogen) atoms. The molecule has 1 heteroatoms. The minimum absolute atomic E-state index is 0.410. The van der Waals surface area contributed by atoms with Gasteiger partial charge in [0.05, 0.1) is 0 Å². The summed E-state index contributed by atoms with van der Waals surface area (Å²) in [4.78, 5) is 0. The van der Waals surface area contributed by atoms with Crippen LogP contribution in [-0.2, 0) is 0 Å². The summed E-state index contributed by atoms with van der Waals surface area (Å²) >= 11 is 0. The molecule has 0 aromatic heterocycles. The quantitative estimate of drug-likeness (QED) is 0.710. The van der Waals surface area contributed by atoms with Crippen LogP contribution >= 0.6 is 0 Å². The van der Waals surface area contributed by atoms with E-state index in [-0.39, 0.29) is 0 Å². The van der Waals surface area contributed by atoms with Crippen molar-refractivity contribution in [1.82, 2.24) is 5.32 Å². The molecule has 1 aliphatic carbocycles. The van der Waals surface area contributed by atoms with Crippen molar-refractivity contribution in [3.63, 3.8) is 0 Å². The Kier molecular flexibility index (Phi) is 7.51. The average molecular weight is 255 g/mol. The molecule has 1 nitrogen and oxygen atoms in total. The van der Waals surface area contributed by atoms with E-state index < -0.39 is 0 Å². The predicted molar refractivity (Wildman–Crippen MR) is 84.0 cm³/mol. The van der Waals surface area contributed by atoms with Crippen molar-refractivity contribution >= 4 is 0 Å². The van der Waals surface area contributed by atoms with E-state index in [9.17, 15) is 0 Å². The highest BCUT2D eigenvalue weighted by Gasteiger charge is 2.33. The van der Waals surface area contributed by atoms with Crippen LogP contribution < -0.4 is 5.32 Å². The molecule has 0 aromatic carbocycles. The minimum atomic E-state index is 0.410. The molecule has 0 aromatic rings. The lowest BCUT2D eigenvalue weighted by atomic mass is 9.68. The van der Waals surface area contributed by atoms with Crippen molar-refractivity contribution in [2.45, 2.75) is 87.1 Å². The van der Waals surface area contributed by atoms with E-state index in [1.807, 2.05) is 0 Å². The second kappa shape index (κ2) is 7.53. The van der Waals surface area contributed by atoms with Crippen molar-refractivity contribution in [3.05, 3.63) is 0 Å². The second-order valence-electron chi connectivity index (χ2n) is 8.02. The van der Waals surface area contributed by atoms with E-state index in [4.69, 9.17) is 0 Å². The zero-order chi connectivity index (χ0) is 14.4. The summed E-state index contributed by atoms with van der Waals surface area (Å²) < 4.78 is 0. The molecule has 0 amide bonds. The second-order valence-corrected chi connectivity index (χ2v) is 8.02. The summed E-state index contributed by atoms with van der Waals surface area (Å²) in [6.07, 6.45) is 5.33. The first kappa shape index (κ1) is 18.0. The third kappa shape index (κ3) is 7.41. The van der Waals surface area contributed by atoms with E-state index in [0.29, 0.717) is 10.8 Å². The first-order valence-electron chi connectivity index (χ1n) is 7.85. The fourth-order valence-corrected chi connectivity index (χ4v) is 2.40. The van der Waals surface area contributed by atoms with Gasteiger partial charge in [-0.1, -0.05) is 61.8 Å². The largest absolute Gasteiger partial charge is 0.313 e. The standard InChI is InChI=1S/C14H29N.C3H8/c1-11-7-8-12(9-14(11,5)6)15-10-13(2,3)4;1-3-2/h11-12,15H,7-10H2,1-6H3;3H2,1-2H3/t11-,12+;/m1./s1. The molecular formula is C17H37N. The SMILES string of the molecule is CCC.C[C@@H]1CC[C@H](NCC(C)(C)C)CC1(C)C. The average Bonchev–Trinajstić information content (AvgIpc) is 2.20. The number of hydrogen-bond donors (Lipinski definition) is 1. The van der Waals surface area contributed by atoms with E-state index in [0.717, 1.165) is 18.5 Å². The third-order valence-electron chi connectivity index (χ3n) is 3.98. The van der Waals surface area contributed by atoms with Crippen molar-refractivity contribution < 1.29 is 0 Å². The lowest BCUT2D eigenvalue weighted by Crippen LogP contribution is -2.43. The Hall–Kier alpha value is -0.0400. The summed E-state index contributed by atoms with van der Waals surface area (Å²) in [5.41, 5.74) is 0.932. The van der Waals surface area contributed by atoms with Crippen molar-refractivity contribution in [3.8, 4) is 0 Å². The molecule has 1 rings (SSSR count). The maximum atomic E-state index is 3.74. The highest BCUT2D eigenvalue weighted by molar-refractivity contribution is 4.88. The molecule has 0 bridgehead atoms. The lowest BCUT2D eigenvalue weighted by Gasteiger charge is -2.41. The molecule has 110 valence electrons. The van der Waals surface area contributed by atoms with Gasteiger partial charge in [0, 0.05) is 12.6 Å². The maximum Gasteiger partial charge on any atom is 0.00725 e. The van der Waals surface area contributed by atoms with E-state index >= 15 is 0 Å². The van der Waals surface area contributed by atoms with Gasteiger partial charge in [-0.2, -0.15) is 0 Å². The summed E-state index contributed by atoms with van der Waals surface area (Å²) in [6.45, 7) is 19.5. The van der Waals surface area contributed by atoms with E-state index in [2.05, 4.69) is 60.7 Å². The number of nitrogens with one attached hydrogen (secondary N) is 1. The fourth-order valence-electron chi connectivity index (χ4n) is 2.40. The van der Waals surface area contributed by atoms with Gasteiger partial charge < -0.3 is 5.32 Å². The van der Waals surface area contributed by atoms with Crippen LogP contribution in [0.15, 0.2) is 0 Å². The van der Waals surface area contributed by atoms with Gasteiger partial charge in [-0.25, -0.2) is 0 Å². The van der Waals surface area contributed by atoms with Crippen LogP contribution in [-0.4, -0.2) is 12.6 Å². The first-order valence-corrected chi connectivity index (χ1v) is 7.85.